The molecule has 0 atom stereocenters. The molecule has 0 aliphatic heterocycles. The molecular weight excluding hydrogens is 251 g/mol. The van der Waals surface area contributed by atoms with E-state index in [1.807, 2.05) is 16.9 Å². The highest BCUT2D eigenvalue weighted by atomic mass is 127. The van der Waals surface area contributed by atoms with Crippen molar-refractivity contribution in [2.75, 3.05) is 0 Å². The van der Waals surface area contributed by atoms with Gasteiger partial charge in [-0.05, 0) is 47.2 Å². The van der Waals surface area contributed by atoms with Gasteiger partial charge in [0.15, 0.2) is 0 Å². The van der Waals surface area contributed by atoms with Crippen molar-refractivity contribution in [2.24, 2.45) is 0 Å². The van der Waals surface area contributed by atoms with Crippen LogP contribution >= 0.6 is 22.6 Å². The molecule has 2 aromatic heterocycles. The SMILES string of the molecule is Cc1cnn2cc(I)ccc12. The van der Waals surface area contributed by atoms with E-state index in [1.54, 1.807) is 0 Å². The van der Waals surface area contributed by atoms with E-state index in [2.05, 4.69) is 46.7 Å². The van der Waals surface area contributed by atoms with Gasteiger partial charge in [-0.3, -0.25) is 0 Å². The van der Waals surface area contributed by atoms with Crippen LogP contribution in [0.15, 0.2) is 24.5 Å². The van der Waals surface area contributed by atoms with Crippen molar-refractivity contribution in [3.8, 4) is 0 Å². The Kier molecular flexibility index (Phi) is 1.60. The molecule has 0 aliphatic carbocycles. The molecule has 0 unspecified atom stereocenters. The summed E-state index contributed by atoms with van der Waals surface area (Å²) in [7, 11) is 0. The van der Waals surface area contributed by atoms with E-state index in [0.29, 0.717) is 0 Å². The maximum absolute atomic E-state index is 4.19. The van der Waals surface area contributed by atoms with E-state index in [9.17, 15) is 0 Å². The third kappa shape index (κ3) is 1.13. The molecule has 0 spiro atoms. The normalized spacial score (nSPS) is 10.7. The molecule has 0 aromatic carbocycles. The zero-order chi connectivity index (χ0) is 7.84. The molecule has 2 aromatic rings. The standard InChI is InChI=1S/C8H7IN2/c1-6-4-10-11-5-7(9)2-3-8(6)11/h2-5H,1H3. The molecule has 0 radical (unpaired) electrons. The Balaban J connectivity index is 2.86. The summed E-state index contributed by atoms with van der Waals surface area (Å²) >= 11 is 2.28. The zero-order valence-electron chi connectivity index (χ0n) is 6.08. The van der Waals surface area contributed by atoms with Crippen molar-refractivity contribution >= 4 is 28.1 Å². The smallest absolute Gasteiger partial charge is 0.0691 e. The van der Waals surface area contributed by atoms with Crippen molar-refractivity contribution in [3.05, 3.63) is 33.7 Å². The van der Waals surface area contributed by atoms with Crippen molar-refractivity contribution in [3.63, 3.8) is 0 Å². The van der Waals surface area contributed by atoms with Crippen LogP contribution in [0.3, 0.4) is 0 Å². The van der Waals surface area contributed by atoms with Gasteiger partial charge >= 0.3 is 0 Å². The second-order valence-corrected chi connectivity index (χ2v) is 3.75. The number of halogens is 1. The molecule has 11 heavy (non-hydrogen) atoms. The van der Waals surface area contributed by atoms with Crippen LogP contribution in [-0.4, -0.2) is 9.61 Å². The number of hydrogen-bond acceptors (Lipinski definition) is 1. The van der Waals surface area contributed by atoms with E-state index in [1.165, 1.54) is 14.7 Å². The van der Waals surface area contributed by atoms with Crippen LogP contribution in [0.5, 0.6) is 0 Å². The fraction of sp³-hybridized carbons (Fsp3) is 0.125. The van der Waals surface area contributed by atoms with Gasteiger partial charge in [0.25, 0.3) is 0 Å². The van der Waals surface area contributed by atoms with E-state index in [-0.39, 0.29) is 0 Å². The largest absolute Gasteiger partial charge is 0.240 e. The number of hydrogen-bond donors (Lipinski definition) is 0. The highest BCUT2D eigenvalue weighted by Crippen LogP contribution is 2.11. The predicted molar refractivity (Wildman–Crippen MR) is 52.6 cm³/mol. The van der Waals surface area contributed by atoms with Crippen LogP contribution < -0.4 is 0 Å². The molecule has 0 saturated heterocycles. The van der Waals surface area contributed by atoms with Gasteiger partial charge in [-0.1, -0.05) is 0 Å². The highest BCUT2D eigenvalue weighted by molar-refractivity contribution is 14.1. The van der Waals surface area contributed by atoms with Gasteiger partial charge in [-0.2, -0.15) is 5.10 Å². The van der Waals surface area contributed by atoms with E-state index >= 15 is 0 Å². The van der Waals surface area contributed by atoms with Crippen LogP contribution in [0.25, 0.3) is 5.52 Å². The second-order valence-electron chi connectivity index (χ2n) is 2.50. The molecule has 0 saturated carbocycles. The molecular formula is C8H7IN2. The number of fused-ring (bicyclic) bond motifs is 1. The summed E-state index contributed by atoms with van der Waals surface area (Å²) in [5, 5.41) is 4.19. The summed E-state index contributed by atoms with van der Waals surface area (Å²) in [5.41, 5.74) is 2.41. The third-order valence-electron chi connectivity index (χ3n) is 1.67. The Bertz CT molecular complexity index is 392. The van der Waals surface area contributed by atoms with Gasteiger partial charge < -0.3 is 0 Å². The molecule has 56 valence electrons. The fourth-order valence-electron chi connectivity index (χ4n) is 1.09. The molecule has 0 bridgehead atoms. The molecule has 0 aliphatic rings. The van der Waals surface area contributed by atoms with E-state index < -0.39 is 0 Å². The lowest BCUT2D eigenvalue weighted by atomic mass is 10.3. The van der Waals surface area contributed by atoms with Crippen LogP contribution in [0, 0.1) is 10.5 Å². The predicted octanol–water partition coefficient (Wildman–Crippen LogP) is 2.25. The number of pyridine rings is 1. The molecule has 0 fully saturated rings. The summed E-state index contributed by atoms with van der Waals surface area (Å²) < 4.78 is 3.11. The lowest BCUT2D eigenvalue weighted by Gasteiger charge is -1.93. The Labute approximate surface area is 78.4 Å². The van der Waals surface area contributed by atoms with Crippen LogP contribution in [-0.2, 0) is 0 Å². The summed E-state index contributed by atoms with van der Waals surface area (Å²) in [6.07, 6.45) is 3.90. The second kappa shape index (κ2) is 2.48. The minimum absolute atomic E-state index is 1.19. The Morgan fingerprint density at radius 3 is 3.09 bits per heavy atom. The molecule has 2 rings (SSSR count). The van der Waals surface area contributed by atoms with E-state index in [4.69, 9.17) is 0 Å². The van der Waals surface area contributed by atoms with Crippen LogP contribution in [0.2, 0.25) is 0 Å². The van der Waals surface area contributed by atoms with Crippen molar-refractivity contribution in [2.45, 2.75) is 6.92 Å². The first-order valence-corrected chi connectivity index (χ1v) is 4.45. The quantitative estimate of drug-likeness (QED) is 0.662. The topological polar surface area (TPSA) is 17.3 Å². The number of aromatic nitrogens is 2. The first-order valence-electron chi connectivity index (χ1n) is 3.37. The summed E-state index contributed by atoms with van der Waals surface area (Å²) in [6, 6.07) is 4.18. The van der Waals surface area contributed by atoms with Crippen molar-refractivity contribution in [1.29, 1.82) is 0 Å². The summed E-state index contributed by atoms with van der Waals surface area (Å²) in [5.74, 6) is 0. The lowest BCUT2D eigenvalue weighted by molar-refractivity contribution is 0.956. The average Bonchev–Trinajstić information content (AvgIpc) is 2.32. The summed E-state index contributed by atoms with van der Waals surface area (Å²) in [4.78, 5) is 0. The lowest BCUT2D eigenvalue weighted by Crippen LogP contribution is -1.86. The number of aryl methyl sites for hydroxylation is 1. The highest BCUT2D eigenvalue weighted by Gasteiger charge is 1.97. The molecule has 2 heterocycles. The average molecular weight is 258 g/mol. The fourth-order valence-corrected chi connectivity index (χ4v) is 1.53. The first-order chi connectivity index (χ1) is 5.27. The maximum atomic E-state index is 4.19. The molecule has 0 N–H and O–H groups in total. The zero-order valence-corrected chi connectivity index (χ0v) is 8.24. The number of rotatable bonds is 0. The minimum atomic E-state index is 1.19. The first kappa shape index (κ1) is 7.09. The number of nitrogens with zero attached hydrogens (tertiary/aromatic N) is 2. The van der Waals surface area contributed by atoms with E-state index in [0.717, 1.165) is 0 Å². The van der Waals surface area contributed by atoms with Crippen LogP contribution in [0.1, 0.15) is 5.56 Å². The van der Waals surface area contributed by atoms with Gasteiger partial charge in [-0.15, -0.1) is 0 Å². The molecule has 3 heteroatoms. The van der Waals surface area contributed by atoms with Gasteiger partial charge in [0.1, 0.15) is 0 Å². The van der Waals surface area contributed by atoms with Crippen molar-refractivity contribution < 1.29 is 0 Å². The van der Waals surface area contributed by atoms with Gasteiger partial charge in [0.05, 0.1) is 11.7 Å². The third-order valence-corrected chi connectivity index (χ3v) is 2.31. The van der Waals surface area contributed by atoms with Gasteiger partial charge in [0.2, 0.25) is 0 Å². The summed E-state index contributed by atoms with van der Waals surface area (Å²) in [6.45, 7) is 2.06. The van der Waals surface area contributed by atoms with Gasteiger partial charge in [-0.25, -0.2) is 4.52 Å². The Morgan fingerprint density at radius 2 is 2.27 bits per heavy atom. The van der Waals surface area contributed by atoms with Crippen molar-refractivity contribution in [1.82, 2.24) is 9.61 Å². The minimum Gasteiger partial charge on any atom is -0.240 e. The van der Waals surface area contributed by atoms with Crippen LogP contribution in [0.4, 0.5) is 0 Å². The molecule has 0 amide bonds. The monoisotopic (exact) mass is 258 g/mol. The molecule has 2 nitrogen and oxygen atoms in total. The van der Waals surface area contributed by atoms with Gasteiger partial charge in [0, 0.05) is 9.77 Å². The Morgan fingerprint density at radius 1 is 1.45 bits per heavy atom. The Hall–Kier alpha value is -0.580. The maximum Gasteiger partial charge on any atom is 0.0691 e.